The summed E-state index contributed by atoms with van der Waals surface area (Å²) in [6.45, 7) is 0.313. The molecule has 0 spiro atoms. The molecule has 0 atom stereocenters. The summed E-state index contributed by atoms with van der Waals surface area (Å²) in [5, 5.41) is 20.7. The number of nitrogens with zero attached hydrogens (tertiary/aromatic N) is 1. The summed E-state index contributed by atoms with van der Waals surface area (Å²) in [6.07, 6.45) is 0.130. The zero-order valence-electron chi connectivity index (χ0n) is 16.2. The molecule has 156 valence electrons. The predicted octanol–water partition coefficient (Wildman–Crippen LogP) is 2.01. The van der Waals surface area contributed by atoms with Crippen LogP contribution in [0.5, 0.6) is 5.75 Å². The van der Waals surface area contributed by atoms with E-state index in [1.54, 1.807) is 0 Å². The van der Waals surface area contributed by atoms with Gasteiger partial charge in [-0.3, -0.25) is 14.4 Å². The minimum atomic E-state index is -1.24. The van der Waals surface area contributed by atoms with Gasteiger partial charge in [-0.25, -0.2) is 0 Å². The first-order chi connectivity index (χ1) is 14.4. The summed E-state index contributed by atoms with van der Waals surface area (Å²) in [6, 6.07) is 17.0. The number of aliphatic hydroxyl groups excluding tert-OH is 1. The van der Waals surface area contributed by atoms with Gasteiger partial charge in [0.2, 0.25) is 0 Å². The molecular weight excluding hydrogens is 388 g/mol. The Kier molecular flexibility index (Phi) is 6.69. The molecule has 0 aliphatic carbocycles. The monoisotopic (exact) mass is 410 g/mol. The highest BCUT2D eigenvalue weighted by atomic mass is 16.5. The van der Waals surface area contributed by atoms with Crippen LogP contribution in [0, 0.1) is 0 Å². The number of amides is 2. The van der Waals surface area contributed by atoms with Crippen molar-refractivity contribution in [1.29, 1.82) is 0 Å². The third kappa shape index (κ3) is 5.38. The number of para-hydroxylation sites is 1. The van der Waals surface area contributed by atoms with Crippen LogP contribution < -0.4 is 10.1 Å². The van der Waals surface area contributed by atoms with Gasteiger partial charge < -0.3 is 25.2 Å². The van der Waals surface area contributed by atoms with Gasteiger partial charge in [-0.2, -0.15) is 0 Å². The van der Waals surface area contributed by atoms with Gasteiger partial charge in [-0.15, -0.1) is 0 Å². The summed E-state index contributed by atoms with van der Waals surface area (Å²) in [7, 11) is 0. The number of hydrogen-bond acceptors (Lipinski definition) is 5. The van der Waals surface area contributed by atoms with Crippen LogP contribution in [-0.4, -0.2) is 46.0 Å². The second-order valence-corrected chi connectivity index (χ2v) is 6.79. The average Bonchev–Trinajstić information content (AvgIpc) is 2.74. The lowest BCUT2D eigenvalue weighted by atomic mass is 10.0. The molecule has 2 aromatic carbocycles. The Hall–Kier alpha value is -3.81. The molecule has 3 rings (SSSR count). The SMILES string of the molecule is O=C(O)CNC(=O)C1=C(O)CCN(Cc2ccc(COc3ccccc3)cc2)C1=O. The fourth-order valence-corrected chi connectivity index (χ4v) is 3.02. The predicted molar refractivity (Wildman–Crippen MR) is 108 cm³/mol. The highest BCUT2D eigenvalue weighted by Gasteiger charge is 2.32. The molecule has 8 heteroatoms. The number of ether oxygens (including phenoxy) is 1. The lowest BCUT2D eigenvalue weighted by molar-refractivity contribution is -0.138. The first-order valence-electron chi connectivity index (χ1n) is 9.41. The number of carbonyl (C=O) groups is 3. The highest BCUT2D eigenvalue weighted by molar-refractivity contribution is 6.19. The van der Waals surface area contributed by atoms with Crippen LogP contribution in [-0.2, 0) is 27.5 Å². The Labute approximate surface area is 173 Å². The molecular formula is C22H22N2O6. The quantitative estimate of drug-likeness (QED) is 0.574. The number of rotatable bonds is 8. The van der Waals surface area contributed by atoms with Gasteiger partial charge in [0, 0.05) is 19.5 Å². The summed E-state index contributed by atoms with van der Waals surface area (Å²) in [5.74, 6) is -2.30. The molecule has 0 bridgehead atoms. The maximum absolute atomic E-state index is 12.6. The van der Waals surface area contributed by atoms with Crippen molar-refractivity contribution in [2.75, 3.05) is 13.1 Å². The van der Waals surface area contributed by atoms with Crippen molar-refractivity contribution in [1.82, 2.24) is 10.2 Å². The molecule has 0 fully saturated rings. The normalized spacial score (nSPS) is 13.9. The molecule has 0 saturated heterocycles. The summed E-state index contributed by atoms with van der Waals surface area (Å²) in [4.78, 5) is 36.8. The van der Waals surface area contributed by atoms with E-state index in [9.17, 15) is 19.5 Å². The summed E-state index contributed by atoms with van der Waals surface area (Å²) in [5.41, 5.74) is 1.42. The Morgan fingerprint density at radius 2 is 1.70 bits per heavy atom. The van der Waals surface area contributed by atoms with Crippen molar-refractivity contribution in [2.24, 2.45) is 0 Å². The van der Waals surface area contributed by atoms with Crippen LogP contribution in [0.25, 0.3) is 0 Å². The number of carboxylic acids is 1. The standard InChI is InChI=1S/C22H22N2O6/c25-18-10-11-24(22(29)20(18)21(28)23-12-19(26)27)13-15-6-8-16(9-7-15)14-30-17-4-2-1-3-5-17/h1-9,25H,10-14H2,(H,23,28)(H,26,27). The Morgan fingerprint density at radius 1 is 1.03 bits per heavy atom. The molecule has 8 nitrogen and oxygen atoms in total. The molecule has 3 N–H and O–H groups in total. The number of carbonyl (C=O) groups excluding carboxylic acids is 2. The summed E-state index contributed by atoms with van der Waals surface area (Å²) >= 11 is 0. The fourth-order valence-electron chi connectivity index (χ4n) is 3.02. The molecule has 0 radical (unpaired) electrons. The highest BCUT2D eigenvalue weighted by Crippen LogP contribution is 2.20. The Morgan fingerprint density at radius 3 is 2.37 bits per heavy atom. The molecule has 1 aliphatic heterocycles. The molecule has 2 amide bonds. The zero-order chi connectivity index (χ0) is 21.5. The molecule has 1 heterocycles. The van der Waals surface area contributed by atoms with E-state index in [4.69, 9.17) is 9.84 Å². The average molecular weight is 410 g/mol. The largest absolute Gasteiger partial charge is 0.511 e. The van der Waals surface area contributed by atoms with Crippen molar-refractivity contribution in [2.45, 2.75) is 19.6 Å². The van der Waals surface area contributed by atoms with E-state index in [-0.39, 0.29) is 25.3 Å². The van der Waals surface area contributed by atoms with E-state index in [1.165, 1.54) is 4.90 Å². The third-order valence-corrected chi connectivity index (χ3v) is 4.58. The molecule has 0 saturated carbocycles. The van der Waals surface area contributed by atoms with Gasteiger partial charge in [-0.05, 0) is 23.3 Å². The Balaban J connectivity index is 1.60. The third-order valence-electron chi connectivity index (χ3n) is 4.58. The van der Waals surface area contributed by atoms with Gasteiger partial charge >= 0.3 is 5.97 Å². The Bertz CT molecular complexity index is 953. The van der Waals surface area contributed by atoms with Crippen LogP contribution in [0.15, 0.2) is 65.9 Å². The van der Waals surface area contributed by atoms with Crippen LogP contribution in [0.1, 0.15) is 17.5 Å². The minimum Gasteiger partial charge on any atom is -0.511 e. The van der Waals surface area contributed by atoms with Crippen LogP contribution >= 0.6 is 0 Å². The topological polar surface area (TPSA) is 116 Å². The van der Waals surface area contributed by atoms with E-state index in [0.29, 0.717) is 6.61 Å². The number of aliphatic carboxylic acids is 1. The van der Waals surface area contributed by atoms with Crippen molar-refractivity contribution < 1.29 is 29.3 Å². The maximum Gasteiger partial charge on any atom is 0.322 e. The van der Waals surface area contributed by atoms with Gasteiger partial charge in [0.15, 0.2) is 0 Å². The van der Waals surface area contributed by atoms with Crippen LogP contribution in [0.3, 0.4) is 0 Å². The lowest BCUT2D eigenvalue weighted by Crippen LogP contribution is -2.43. The molecule has 0 unspecified atom stereocenters. The van der Waals surface area contributed by atoms with Gasteiger partial charge in [0.1, 0.15) is 30.2 Å². The van der Waals surface area contributed by atoms with Crippen molar-refractivity contribution >= 4 is 17.8 Å². The number of nitrogens with one attached hydrogen (secondary N) is 1. The van der Waals surface area contributed by atoms with E-state index in [2.05, 4.69) is 5.32 Å². The van der Waals surface area contributed by atoms with E-state index >= 15 is 0 Å². The number of aliphatic hydroxyl groups is 1. The van der Waals surface area contributed by atoms with Gasteiger partial charge in [-0.1, -0.05) is 42.5 Å². The van der Waals surface area contributed by atoms with Gasteiger partial charge in [0.25, 0.3) is 11.8 Å². The second-order valence-electron chi connectivity index (χ2n) is 6.79. The van der Waals surface area contributed by atoms with Crippen molar-refractivity contribution in [3.05, 3.63) is 77.1 Å². The first kappa shape index (κ1) is 20.9. The maximum atomic E-state index is 12.6. The second kappa shape index (κ2) is 9.60. The lowest BCUT2D eigenvalue weighted by Gasteiger charge is -2.28. The number of hydrogen-bond donors (Lipinski definition) is 3. The summed E-state index contributed by atoms with van der Waals surface area (Å²) < 4.78 is 5.71. The fraction of sp³-hybridized carbons (Fsp3) is 0.227. The first-order valence-corrected chi connectivity index (χ1v) is 9.41. The molecule has 2 aromatic rings. The van der Waals surface area contributed by atoms with E-state index < -0.39 is 29.9 Å². The van der Waals surface area contributed by atoms with Crippen LogP contribution in [0.4, 0.5) is 0 Å². The molecule has 0 aromatic heterocycles. The van der Waals surface area contributed by atoms with E-state index in [0.717, 1.165) is 16.9 Å². The minimum absolute atomic E-state index is 0.130. The van der Waals surface area contributed by atoms with Crippen LogP contribution in [0.2, 0.25) is 0 Å². The smallest absolute Gasteiger partial charge is 0.322 e. The number of carboxylic acid groups (broad SMARTS) is 1. The molecule has 1 aliphatic rings. The van der Waals surface area contributed by atoms with Crippen molar-refractivity contribution in [3.8, 4) is 5.75 Å². The number of benzene rings is 2. The zero-order valence-corrected chi connectivity index (χ0v) is 16.2. The van der Waals surface area contributed by atoms with Crippen molar-refractivity contribution in [3.63, 3.8) is 0 Å². The van der Waals surface area contributed by atoms with Gasteiger partial charge in [0.05, 0.1) is 0 Å². The molecule has 30 heavy (non-hydrogen) atoms. The van der Waals surface area contributed by atoms with E-state index in [1.807, 2.05) is 54.6 Å².